The van der Waals surface area contributed by atoms with Crippen LogP contribution < -0.4 is 5.56 Å². The molecule has 17 heavy (non-hydrogen) atoms. The van der Waals surface area contributed by atoms with Gasteiger partial charge in [-0.1, -0.05) is 0 Å². The van der Waals surface area contributed by atoms with Crippen molar-refractivity contribution < 1.29 is 4.92 Å². The van der Waals surface area contributed by atoms with Crippen molar-refractivity contribution in [1.29, 1.82) is 0 Å². The smallest absolute Gasteiger partial charge is 0.270 e. The predicted octanol–water partition coefficient (Wildman–Crippen LogP) is 2.69. The van der Waals surface area contributed by atoms with Gasteiger partial charge in [-0.2, -0.15) is 0 Å². The number of non-ortho nitro benzene ring substituents is 1. The second kappa shape index (κ2) is 4.29. The molecule has 0 bridgehead atoms. The van der Waals surface area contributed by atoms with Crippen molar-refractivity contribution in [3.8, 4) is 0 Å². The highest BCUT2D eigenvalue weighted by atomic mass is 79.9. The van der Waals surface area contributed by atoms with E-state index in [0.717, 1.165) is 0 Å². The van der Waals surface area contributed by atoms with E-state index in [1.54, 1.807) is 16.7 Å². The minimum Gasteiger partial charge on any atom is -0.308 e. The second-order valence-corrected chi connectivity index (χ2v) is 4.40. The summed E-state index contributed by atoms with van der Waals surface area (Å²) in [6, 6.07) is 6.08. The Morgan fingerprint density at radius 1 is 1.41 bits per heavy atom. The maximum absolute atomic E-state index is 11.8. The Kier molecular flexibility index (Phi) is 2.97. The first-order valence-electron chi connectivity index (χ1n) is 5.02. The number of nitro benzene ring substituents is 1. The van der Waals surface area contributed by atoms with Gasteiger partial charge in [0.05, 0.1) is 14.9 Å². The van der Waals surface area contributed by atoms with Crippen molar-refractivity contribution in [3.63, 3.8) is 0 Å². The number of nitro groups is 1. The van der Waals surface area contributed by atoms with Gasteiger partial charge in [0, 0.05) is 24.1 Å². The number of fused-ring (bicyclic) bond motifs is 1. The Labute approximate surface area is 105 Å². The summed E-state index contributed by atoms with van der Waals surface area (Å²) in [5, 5.41) is 11.3. The molecule has 0 saturated carbocycles. The molecule has 1 aromatic heterocycles. The Balaban J connectivity index is 2.85. The zero-order chi connectivity index (χ0) is 12.6. The lowest BCUT2D eigenvalue weighted by Crippen LogP contribution is -2.19. The molecule has 0 atom stereocenters. The number of benzene rings is 1. The van der Waals surface area contributed by atoms with E-state index in [-0.39, 0.29) is 11.2 Å². The molecule has 0 N–H and O–H groups in total. The summed E-state index contributed by atoms with van der Waals surface area (Å²) in [4.78, 5) is 22.0. The van der Waals surface area contributed by atoms with Crippen LogP contribution in [0.25, 0.3) is 10.9 Å². The van der Waals surface area contributed by atoms with Gasteiger partial charge in [0.25, 0.3) is 11.2 Å². The quantitative estimate of drug-likeness (QED) is 0.632. The maximum atomic E-state index is 11.8. The molecule has 0 saturated heterocycles. The third-order valence-electron chi connectivity index (χ3n) is 2.56. The summed E-state index contributed by atoms with van der Waals surface area (Å²) >= 11 is 3.17. The summed E-state index contributed by atoms with van der Waals surface area (Å²) in [5.41, 5.74) is 0.589. The molecule has 0 fully saturated rings. The highest BCUT2D eigenvalue weighted by Gasteiger charge is 2.10. The normalized spacial score (nSPS) is 10.7. The van der Waals surface area contributed by atoms with Gasteiger partial charge >= 0.3 is 0 Å². The third kappa shape index (κ3) is 1.95. The summed E-state index contributed by atoms with van der Waals surface area (Å²) in [5.74, 6) is 0. The predicted molar refractivity (Wildman–Crippen MR) is 68.2 cm³/mol. The number of aromatic nitrogens is 1. The molecule has 6 heteroatoms. The van der Waals surface area contributed by atoms with Crippen molar-refractivity contribution in [3.05, 3.63) is 49.2 Å². The topological polar surface area (TPSA) is 65.1 Å². The molecular weight excluding hydrogens is 288 g/mol. The fourth-order valence-electron chi connectivity index (χ4n) is 1.77. The van der Waals surface area contributed by atoms with Gasteiger partial charge in [0.1, 0.15) is 0 Å². The Hall–Kier alpha value is -1.69. The molecule has 0 unspecified atom stereocenters. The van der Waals surface area contributed by atoms with Crippen LogP contribution in [0.15, 0.2) is 33.5 Å². The fraction of sp³-hybridized carbons (Fsp3) is 0.182. The van der Waals surface area contributed by atoms with Gasteiger partial charge in [0.2, 0.25) is 0 Å². The highest BCUT2D eigenvalue weighted by Crippen LogP contribution is 2.22. The molecule has 0 radical (unpaired) electrons. The van der Waals surface area contributed by atoms with E-state index in [2.05, 4.69) is 15.9 Å². The molecule has 1 aromatic carbocycles. The molecule has 0 aliphatic rings. The van der Waals surface area contributed by atoms with Crippen LogP contribution in [0.4, 0.5) is 5.69 Å². The first-order valence-corrected chi connectivity index (χ1v) is 5.81. The van der Waals surface area contributed by atoms with Crippen molar-refractivity contribution in [1.82, 2.24) is 4.57 Å². The average Bonchev–Trinajstić information content (AvgIpc) is 2.30. The zero-order valence-corrected chi connectivity index (χ0v) is 10.6. The number of nitrogens with zero attached hydrogens (tertiary/aromatic N) is 2. The molecule has 0 amide bonds. The van der Waals surface area contributed by atoms with E-state index in [1.807, 2.05) is 6.92 Å². The molecule has 0 aliphatic heterocycles. The van der Waals surface area contributed by atoms with E-state index in [1.165, 1.54) is 12.1 Å². The number of rotatable bonds is 2. The summed E-state index contributed by atoms with van der Waals surface area (Å²) in [7, 11) is 0. The van der Waals surface area contributed by atoms with Crippen molar-refractivity contribution in [2.45, 2.75) is 13.5 Å². The molecule has 88 valence electrons. The lowest BCUT2D eigenvalue weighted by atomic mass is 10.2. The molecule has 0 aliphatic carbocycles. The fourth-order valence-corrected chi connectivity index (χ4v) is 2.23. The van der Waals surface area contributed by atoms with Gasteiger partial charge in [-0.3, -0.25) is 14.9 Å². The van der Waals surface area contributed by atoms with Crippen LogP contribution in [0.1, 0.15) is 6.92 Å². The first-order chi connectivity index (χ1) is 8.04. The molecule has 0 spiro atoms. The van der Waals surface area contributed by atoms with Crippen molar-refractivity contribution in [2.24, 2.45) is 0 Å². The Morgan fingerprint density at radius 3 is 2.71 bits per heavy atom. The largest absolute Gasteiger partial charge is 0.308 e. The lowest BCUT2D eigenvalue weighted by molar-refractivity contribution is -0.384. The van der Waals surface area contributed by atoms with E-state index < -0.39 is 4.92 Å². The average molecular weight is 297 g/mol. The third-order valence-corrected chi connectivity index (χ3v) is 3.13. The van der Waals surface area contributed by atoms with E-state index >= 15 is 0 Å². The number of halogens is 1. The van der Waals surface area contributed by atoms with E-state index in [0.29, 0.717) is 21.9 Å². The number of hydrogen-bond acceptors (Lipinski definition) is 3. The van der Waals surface area contributed by atoms with Crippen LogP contribution >= 0.6 is 15.9 Å². The summed E-state index contributed by atoms with van der Waals surface area (Å²) < 4.78 is 1.98. The lowest BCUT2D eigenvalue weighted by Gasteiger charge is -2.08. The SMILES string of the molecule is CCn1c(=O)c(Br)cc2cc([N+](=O)[O-])ccc21. The minimum absolute atomic E-state index is 0.0192. The van der Waals surface area contributed by atoms with Crippen LogP contribution in [0.3, 0.4) is 0 Å². The van der Waals surface area contributed by atoms with Gasteiger partial charge < -0.3 is 4.57 Å². The van der Waals surface area contributed by atoms with Crippen molar-refractivity contribution in [2.75, 3.05) is 0 Å². The number of pyridine rings is 1. The van der Waals surface area contributed by atoms with Crippen LogP contribution in [0, 0.1) is 10.1 Å². The van der Waals surface area contributed by atoms with Gasteiger partial charge in [-0.15, -0.1) is 0 Å². The van der Waals surface area contributed by atoms with E-state index in [4.69, 9.17) is 0 Å². The first kappa shape index (κ1) is 11.8. The number of aryl methyl sites for hydroxylation is 1. The summed E-state index contributed by atoms with van der Waals surface area (Å²) in [6.07, 6.45) is 0. The van der Waals surface area contributed by atoms with Gasteiger partial charge in [0.15, 0.2) is 0 Å². The second-order valence-electron chi connectivity index (χ2n) is 3.54. The van der Waals surface area contributed by atoms with Crippen LogP contribution in [-0.2, 0) is 6.54 Å². The monoisotopic (exact) mass is 296 g/mol. The standard InChI is InChI=1S/C11H9BrN2O3/c1-2-13-10-4-3-8(14(16)17)5-7(10)6-9(12)11(13)15/h3-6H,2H2,1H3. The van der Waals surface area contributed by atoms with Gasteiger partial charge in [-0.25, -0.2) is 0 Å². The van der Waals surface area contributed by atoms with Crippen molar-refractivity contribution >= 4 is 32.5 Å². The van der Waals surface area contributed by atoms with Gasteiger partial charge in [-0.05, 0) is 35.0 Å². The molecular formula is C11H9BrN2O3. The van der Waals surface area contributed by atoms with Crippen LogP contribution in [0.2, 0.25) is 0 Å². The molecule has 2 aromatic rings. The molecule has 2 rings (SSSR count). The van der Waals surface area contributed by atoms with E-state index in [9.17, 15) is 14.9 Å². The molecule has 1 heterocycles. The summed E-state index contributed by atoms with van der Waals surface area (Å²) in [6.45, 7) is 2.38. The minimum atomic E-state index is -0.450. The highest BCUT2D eigenvalue weighted by molar-refractivity contribution is 9.10. The Morgan fingerprint density at radius 2 is 2.12 bits per heavy atom. The molecule has 5 nitrogen and oxygen atoms in total. The maximum Gasteiger partial charge on any atom is 0.270 e. The zero-order valence-electron chi connectivity index (χ0n) is 9.01. The Bertz CT molecular complexity index is 664. The van der Waals surface area contributed by atoms with Crippen LogP contribution in [-0.4, -0.2) is 9.49 Å². The number of hydrogen-bond donors (Lipinski definition) is 0. The van der Waals surface area contributed by atoms with Crippen LogP contribution in [0.5, 0.6) is 0 Å².